The summed E-state index contributed by atoms with van der Waals surface area (Å²) in [6.07, 6.45) is -3.79. The molecule has 0 amide bonds. The van der Waals surface area contributed by atoms with Crippen LogP contribution in [-0.2, 0) is 17.6 Å². The van der Waals surface area contributed by atoms with Crippen molar-refractivity contribution >= 4 is 11.5 Å². The Morgan fingerprint density at radius 2 is 1.64 bits per heavy atom. The first kappa shape index (κ1) is 30.7. The van der Waals surface area contributed by atoms with Gasteiger partial charge in [0.25, 0.3) is 0 Å². The fourth-order valence-corrected chi connectivity index (χ4v) is 6.13. The number of nitrogens with zero attached hydrogens (tertiary/aromatic N) is 2. The molecule has 9 heteroatoms. The highest BCUT2D eigenvalue weighted by molar-refractivity contribution is 6.01. The van der Waals surface area contributed by atoms with Crippen molar-refractivity contribution in [3.63, 3.8) is 0 Å². The fraction of sp³-hybridized carbons (Fsp3) is 0.314. The first-order valence-electron chi connectivity index (χ1n) is 14.2. The largest absolute Gasteiger partial charge is 0.497 e. The monoisotopic (exact) mass is 601 g/mol. The lowest BCUT2D eigenvalue weighted by molar-refractivity contribution is -0.137. The van der Waals surface area contributed by atoms with E-state index >= 15 is 0 Å². The van der Waals surface area contributed by atoms with E-state index in [1.54, 1.807) is 12.0 Å². The maximum Gasteiger partial charge on any atom is 0.416 e. The van der Waals surface area contributed by atoms with Crippen molar-refractivity contribution in [3.8, 4) is 17.6 Å². The van der Waals surface area contributed by atoms with Crippen LogP contribution in [0.3, 0.4) is 0 Å². The number of Topliss-reactive ketones (excluding diaryl/α,β-unsaturated/α-hetero) is 1. The van der Waals surface area contributed by atoms with Gasteiger partial charge in [-0.15, -0.1) is 0 Å². The molecule has 2 N–H and O–H groups in total. The van der Waals surface area contributed by atoms with Crippen molar-refractivity contribution in [2.45, 2.75) is 59.2 Å². The second-order valence-electron chi connectivity index (χ2n) is 12.1. The van der Waals surface area contributed by atoms with Gasteiger partial charge >= 0.3 is 6.18 Å². The number of methoxy groups -OCH3 is 1. The van der Waals surface area contributed by atoms with Crippen LogP contribution in [0.5, 0.6) is 11.5 Å². The molecule has 1 aliphatic heterocycles. The van der Waals surface area contributed by atoms with Crippen LogP contribution in [-0.4, -0.2) is 12.9 Å². The topological polar surface area (TPSA) is 88.6 Å². The molecule has 1 heterocycles. The molecule has 3 aromatic carbocycles. The zero-order valence-electron chi connectivity index (χ0n) is 25.3. The first-order chi connectivity index (χ1) is 20.7. The van der Waals surface area contributed by atoms with E-state index in [1.807, 2.05) is 64.1 Å². The molecule has 0 radical (unpaired) electrons. The van der Waals surface area contributed by atoms with Gasteiger partial charge in [-0.05, 0) is 96.5 Å². The van der Waals surface area contributed by atoms with Gasteiger partial charge in [-0.25, -0.2) is 0 Å². The number of rotatable bonds is 6. The second kappa shape index (κ2) is 11.4. The maximum absolute atomic E-state index is 13.9. The van der Waals surface area contributed by atoms with Gasteiger partial charge < -0.3 is 15.2 Å². The number of ether oxygens (including phenoxy) is 2. The Labute approximate surface area is 255 Å². The maximum atomic E-state index is 13.9. The summed E-state index contributed by atoms with van der Waals surface area (Å²) in [6, 6.07) is 18.1. The summed E-state index contributed by atoms with van der Waals surface area (Å²) in [7, 11) is 1.59. The van der Waals surface area contributed by atoms with Crippen molar-refractivity contribution < 1.29 is 27.4 Å². The van der Waals surface area contributed by atoms with Gasteiger partial charge in [0.05, 0.1) is 30.2 Å². The number of nitrogens with two attached hydrogens (primary N) is 1. The predicted octanol–water partition coefficient (Wildman–Crippen LogP) is 7.85. The number of hydrogen-bond donors (Lipinski definition) is 1. The molecule has 1 unspecified atom stereocenters. The Morgan fingerprint density at radius 3 is 2.23 bits per heavy atom. The third-order valence-electron chi connectivity index (χ3n) is 8.32. The molecule has 0 saturated heterocycles. The third-order valence-corrected chi connectivity index (χ3v) is 8.32. The Hall–Kier alpha value is -4.71. The molecule has 0 fully saturated rings. The van der Waals surface area contributed by atoms with E-state index in [0.717, 1.165) is 34.4 Å². The molecule has 1 aliphatic carbocycles. The van der Waals surface area contributed by atoms with Crippen molar-refractivity contribution in [1.82, 2.24) is 0 Å². The van der Waals surface area contributed by atoms with Crippen LogP contribution in [0.25, 0.3) is 0 Å². The first-order valence-corrected chi connectivity index (χ1v) is 14.2. The summed E-state index contributed by atoms with van der Waals surface area (Å²) < 4.78 is 51.3. The number of alkyl halides is 3. The minimum Gasteiger partial charge on any atom is -0.497 e. The van der Waals surface area contributed by atoms with Gasteiger partial charge in [0, 0.05) is 23.4 Å². The van der Waals surface area contributed by atoms with Gasteiger partial charge in [0.1, 0.15) is 23.9 Å². The molecule has 0 saturated carbocycles. The number of aryl methyl sites for hydroxylation is 2. The van der Waals surface area contributed by atoms with Crippen LogP contribution in [0.15, 0.2) is 83.3 Å². The Bertz CT molecular complexity index is 1710. The summed E-state index contributed by atoms with van der Waals surface area (Å²) in [5.74, 6) is 0.622. The van der Waals surface area contributed by atoms with Crippen LogP contribution in [0.1, 0.15) is 60.4 Å². The molecule has 6 nitrogen and oxygen atoms in total. The average molecular weight is 602 g/mol. The van der Waals surface area contributed by atoms with Crippen LogP contribution in [0.2, 0.25) is 0 Å². The number of allylic oxidation sites excluding steroid dienone is 3. The molecule has 3 aromatic rings. The van der Waals surface area contributed by atoms with Gasteiger partial charge in [-0.3, -0.25) is 9.69 Å². The average Bonchev–Trinajstić information content (AvgIpc) is 2.95. The van der Waals surface area contributed by atoms with Gasteiger partial charge in [-0.1, -0.05) is 26.0 Å². The van der Waals surface area contributed by atoms with Crippen molar-refractivity contribution in [3.05, 3.63) is 111 Å². The molecule has 0 bridgehead atoms. The lowest BCUT2D eigenvalue weighted by Crippen LogP contribution is -2.42. The van der Waals surface area contributed by atoms with E-state index in [1.165, 1.54) is 12.1 Å². The molecule has 1 atom stereocenters. The van der Waals surface area contributed by atoms with Gasteiger partial charge in [0.2, 0.25) is 0 Å². The van der Waals surface area contributed by atoms with E-state index < -0.39 is 23.1 Å². The minimum atomic E-state index is -4.50. The number of nitriles is 1. The molecular formula is C35H34F3N3O3. The standard InChI is InChI=1S/C35H34F3N3O3/c1-20-14-21(2)27(15-22(20)19-44-26-12-10-25(43-5)11-13-26)31-28(18-39)33(40)41(24-8-6-23(7-9-24)35(36,37)38)29-16-34(3,4)17-30(42)32(29)31/h6-15,31H,16-17,19,40H2,1-5H3. The summed E-state index contributed by atoms with van der Waals surface area (Å²) in [6.45, 7) is 8.11. The van der Waals surface area contributed by atoms with Crippen molar-refractivity contribution in [2.75, 3.05) is 12.0 Å². The lowest BCUT2D eigenvalue weighted by atomic mass is 9.68. The molecule has 0 aromatic heterocycles. The molecule has 44 heavy (non-hydrogen) atoms. The third kappa shape index (κ3) is 5.77. The van der Waals surface area contributed by atoms with Crippen molar-refractivity contribution in [2.24, 2.45) is 11.1 Å². The Kier molecular flexibility index (Phi) is 7.98. The van der Waals surface area contributed by atoms with E-state index in [9.17, 15) is 23.2 Å². The van der Waals surface area contributed by atoms with Gasteiger partial charge in [0.15, 0.2) is 5.78 Å². The summed E-state index contributed by atoms with van der Waals surface area (Å²) in [5, 5.41) is 10.5. The van der Waals surface area contributed by atoms with E-state index in [2.05, 4.69) is 6.07 Å². The zero-order chi connectivity index (χ0) is 32.0. The molecular weight excluding hydrogens is 567 g/mol. The van der Waals surface area contributed by atoms with E-state index in [0.29, 0.717) is 34.9 Å². The fourth-order valence-electron chi connectivity index (χ4n) is 6.13. The number of benzene rings is 3. The lowest BCUT2D eigenvalue weighted by Gasteiger charge is -2.44. The predicted molar refractivity (Wildman–Crippen MR) is 162 cm³/mol. The Morgan fingerprint density at radius 1 is 1.00 bits per heavy atom. The number of anilines is 1. The highest BCUT2D eigenvalue weighted by Crippen LogP contribution is 2.51. The quantitative estimate of drug-likeness (QED) is 0.310. The van der Waals surface area contributed by atoms with Crippen LogP contribution >= 0.6 is 0 Å². The Balaban J connectivity index is 1.62. The zero-order valence-corrected chi connectivity index (χ0v) is 25.3. The van der Waals surface area contributed by atoms with E-state index in [-0.39, 0.29) is 30.2 Å². The van der Waals surface area contributed by atoms with Crippen LogP contribution in [0.4, 0.5) is 18.9 Å². The van der Waals surface area contributed by atoms with Crippen LogP contribution < -0.4 is 20.1 Å². The SMILES string of the molecule is COc1ccc(OCc2cc(C3C(C#N)=C(N)N(c4ccc(C(F)(F)F)cc4)C4=C3C(=O)CC(C)(C)C4)c(C)cc2C)cc1. The molecule has 228 valence electrons. The van der Waals surface area contributed by atoms with Crippen LogP contribution in [0, 0.1) is 30.6 Å². The number of carbonyl (C=O) groups excluding carboxylic acids is 1. The summed E-state index contributed by atoms with van der Waals surface area (Å²) >= 11 is 0. The molecule has 0 spiro atoms. The second-order valence-corrected chi connectivity index (χ2v) is 12.1. The molecule has 5 rings (SSSR count). The highest BCUT2D eigenvalue weighted by Gasteiger charge is 2.45. The normalized spacial score (nSPS) is 18.2. The number of carbonyl (C=O) groups is 1. The highest BCUT2D eigenvalue weighted by atomic mass is 19.4. The number of ketones is 1. The smallest absolute Gasteiger partial charge is 0.416 e. The van der Waals surface area contributed by atoms with Gasteiger partial charge in [-0.2, -0.15) is 18.4 Å². The van der Waals surface area contributed by atoms with Crippen molar-refractivity contribution in [1.29, 1.82) is 5.26 Å². The number of hydrogen-bond acceptors (Lipinski definition) is 6. The summed E-state index contributed by atoms with van der Waals surface area (Å²) in [5.41, 5.74) is 10.6. The minimum absolute atomic E-state index is 0.0949. The number of halogens is 3. The van der Waals surface area contributed by atoms with E-state index in [4.69, 9.17) is 15.2 Å². The summed E-state index contributed by atoms with van der Waals surface area (Å²) in [4.78, 5) is 15.5. The molecule has 2 aliphatic rings.